The van der Waals surface area contributed by atoms with Crippen LogP contribution in [0.2, 0.25) is 0 Å². The molecule has 0 bridgehead atoms. The van der Waals surface area contributed by atoms with Crippen LogP contribution in [0.5, 0.6) is 0 Å². The Morgan fingerprint density at radius 2 is 2.05 bits per heavy atom. The molecular formula is C11H16BrN3O4. The van der Waals surface area contributed by atoms with Gasteiger partial charge in [0.25, 0.3) is 0 Å². The van der Waals surface area contributed by atoms with Gasteiger partial charge in [-0.15, -0.1) is 0 Å². The molecule has 1 aromatic heterocycles. The summed E-state index contributed by atoms with van der Waals surface area (Å²) in [6.45, 7) is 7.18. The van der Waals surface area contributed by atoms with Crippen molar-refractivity contribution in [3.05, 3.63) is 10.2 Å². The fraction of sp³-hybridized carbons (Fsp3) is 0.545. The smallest absolute Gasteiger partial charge is 0.413 e. The molecule has 0 aromatic carbocycles. The van der Waals surface area contributed by atoms with Crippen molar-refractivity contribution in [2.24, 2.45) is 0 Å². The Kier molecular flexibility index (Phi) is 4.93. The van der Waals surface area contributed by atoms with E-state index in [0.717, 1.165) is 0 Å². The average Bonchev–Trinajstić information content (AvgIpc) is 2.58. The van der Waals surface area contributed by atoms with E-state index in [1.807, 2.05) is 0 Å². The molecule has 2 N–H and O–H groups in total. The molecule has 19 heavy (non-hydrogen) atoms. The number of nitrogens with zero attached hydrogens (tertiary/aromatic N) is 1. The SMILES string of the molecule is CCOC(=O)c1[nH]nc(NC(=O)OC(C)(C)C)c1Br. The maximum atomic E-state index is 11.6. The summed E-state index contributed by atoms with van der Waals surface area (Å²) in [6.07, 6.45) is -0.657. The lowest BCUT2D eigenvalue weighted by atomic mass is 10.2. The highest BCUT2D eigenvalue weighted by Crippen LogP contribution is 2.24. The summed E-state index contributed by atoms with van der Waals surface area (Å²) >= 11 is 3.17. The molecule has 0 saturated heterocycles. The van der Waals surface area contributed by atoms with E-state index < -0.39 is 17.7 Å². The highest BCUT2D eigenvalue weighted by molar-refractivity contribution is 9.10. The molecule has 0 atom stereocenters. The van der Waals surface area contributed by atoms with E-state index in [2.05, 4.69) is 31.4 Å². The van der Waals surface area contributed by atoms with Crippen molar-refractivity contribution in [1.29, 1.82) is 0 Å². The molecule has 1 rings (SSSR count). The maximum absolute atomic E-state index is 11.6. The van der Waals surface area contributed by atoms with Gasteiger partial charge < -0.3 is 9.47 Å². The number of halogens is 1. The molecule has 0 saturated carbocycles. The van der Waals surface area contributed by atoms with Crippen LogP contribution in [0.15, 0.2) is 4.47 Å². The summed E-state index contributed by atoms with van der Waals surface area (Å²) in [4.78, 5) is 23.1. The summed E-state index contributed by atoms with van der Waals surface area (Å²) in [7, 11) is 0. The van der Waals surface area contributed by atoms with Crippen LogP contribution >= 0.6 is 15.9 Å². The molecule has 0 aliphatic heterocycles. The molecule has 106 valence electrons. The van der Waals surface area contributed by atoms with Crippen molar-refractivity contribution < 1.29 is 19.1 Å². The number of hydrogen-bond donors (Lipinski definition) is 2. The number of anilines is 1. The molecule has 0 aliphatic rings. The maximum Gasteiger partial charge on any atom is 0.413 e. The van der Waals surface area contributed by atoms with Crippen LogP contribution in [0, 0.1) is 0 Å². The number of carbonyl (C=O) groups excluding carboxylic acids is 2. The predicted molar refractivity (Wildman–Crippen MR) is 72.1 cm³/mol. The number of carbonyl (C=O) groups is 2. The van der Waals surface area contributed by atoms with E-state index in [1.165, 1.54) is 0 Å². The van der Waals surface area contributed by atoms with Gasteiger partial charge in [-0.05, 0) is 43.6 Å². The first kappa shape index (κ1) is 15.5. The highest BCUT2D eigenvalue weighted by Gasteiger charge is 2.22. The van der Waals surface area contributed by atoms with Gasteiger partial charge in [-0.2, -0.15) is 5.10 Å². The minimum absolute atomic E-state index is 0.132. The van der Waals surface area contributed by atoms with E-state index in [9.17, 15) is 9.59 Å². The van der Waals surface area contributed by atoms with Crippen LogP contribution in [0.3, 0.4) is 0 Å². The molecule has 0 unspecified atom stereocenters. The minimum Gasteiger partial charge on any atom is -0.461 e. The van der Waals surface area contributed by atoms with Crippen molar-refractivity contribution in [3.63, 3.8) is 0 Å². The Labute approximate surface area is 119 Å². The summed E-state index contributed by atoms with van der Waals surface area (Å²) in [6, 6.07) is 0. The Bertz CT molecular complexity index is 479. The van der Waals surface area contributed by atoms with Gasteiger partial charge in [-0.3, -0.25) is 10.4 Å². The topological polar surface area (TPSA) is 93.3 Å². The standard InChI is InChI=1S/C11H16BrN3O4/c1-5-18-9(16)7-6(12)8(15-14-7)13-10(17)19-11(2,3)4/h5H2,1-4H3,(H2,13,14,15,17). The average molecular weight is 334 g/mol. The molecule has 1 amide bonds. The lowest BCUT2D eigenvalue weighted by Crippen LogP contribution is -2.27. The van der Waals surface area contributed by atoms with Gasteiger partial charge in [0.15, 0.2) is 11.5 Å². The van der Waals surface area contributed by atoms with Crippen molar-refractivity contribution in [1.82, 2.24) is 10.2 Å². The summed E-state index contributed by atoms with van der Waals surface area (Å²) in [5.74, 6) is -0.392. The van der Waals surface area contributed by atoms with Crippen LogP contribution in [0.25, 0.3) is 0 Å². The molecule has 8 heteroatoms. The van der Waals surface area contributed by atoms with E-state index in [-0.39, 0.29) is 18.1 Å². The van der Waals surface area contributed by atoms with Gasteiger partial charge in [0.05, 0.1) is 11.1 Å². The minimum atomic E-state index is -0.657. The normalized spacial score (nSPS) is 11.0. The second kappa shape index (κ2) is 6.05. The molecule has 1 aromatic rings. The number of aromatic amines is 1. The van der Waals surface area contributed by atoms with Crippen molar-refractivity contribution in [2.45, 2.75) is 33.3 Å². The predicted octanol–water partition coefficient (Wildman–Crippen LogP) is 2.70. The lowest BCUT2D eigenvalue weighted by Gasteiger charge is -2.19. The first-order valence-electron chi connectivity index (χ1n) is 5.65. The Morgan fingerprint density at radius 1 is 1.42 bits per heavy atom. The molecular weight excluding hydrogens is 318 g/mol. The summed E-state index contributed by atoms with van der Waals surface area (Å²) < 4.78 is 10.2. The lowest BCUT2D eigenvalue weighted by molar-refractivity contribution is 0.0517. The van der Waals surface area contributed by atoms with Crippen molar-refractivity contribution >= 4 is 33.8 Å². The zero-order valence-corrected chi connectivity index (χ0v) is 12.8. The molecule has 0 radical (unpaired) electrons. The number of H-pyrrole nitrogens is 1. The zero-order valence-electron chi connectivity index (χ0n) is 11.2. The van der Waals surface area contributed by atoms with Crippen LogP contribution in [0.4, 0.5) is 10.6 Å². The first-order chi connectivity index (χ1) is 8.74. The Hall–Kier alpha value is -1.57. The van der Waals surface area contributed by atoms with Crippen LogP contribution in [0.1, 0.15) is 38.2 Å². The Morgan fingerprint density at radius 3 is 2.58 bits per heavy atom. The third-order valence-electron chi connectivity index (χ3n) is 1.81. The van der Waals surface area contributed by atoms with Crippen molar-refractivity contribution in [3.8, 4) is 0 Å². The third kappa shape index (κ3) is 4.55. The second-order valence-corrected chi connectivity index (χ2v) is 5.40. The number of hydrogen-bond acceptors (Lipinski definition) is 5. The zero-order chi connectivity index (χ0) is 14.6. The van der Waals surface area contributed by atoms with Crippen LogP contribution in [-0.2, 0) is 9.47 Å². The quantitative estimate of drug-likeness (QED) is 0.829. The largest absolute Gasteiger partial charge is 0.461 e. The fourth-order valence-corrected chi connectivity index (χ4v) is 1.59. The van der Waals surface area contributed by atoms with Crippen molar-refractivity contribution in [2.75, 3.05) is 11.9 Å². The van der Waals surface area contributed by atoms with Gasteiger partial charge in [-0.1, -0.05) is 0 Å². The summed E-state index contributed by atoms with van der Waals surface area (Å²) in [5.41, 5.74) is -0.482. The Balaban J connectivity index is 2.76. The molecule has 0 aliphatic carbocycles. The first-order valence-corrected chi connectivity index (χ1v) is 6.45. The van der Waals surface area contributed by atoms with Crippen LogP contribution in [-0.4, -0.2) is 34.5 Å². The van der Waals surface area contributed by atoms with E-state index in [4.69, 9.17) is 9.47 Å². The number of nitrogens with one attached hydrogen (secondary N) is 2. The van der Waals surface area contributed by atoms with E-state index in [1.54, 1.807) is 27.7 Å². The monoisotopic (exact) mass is 333 g/mol. The second-order valence-electron chi connectivity index (χ2n) is 4.61. The van der Waals surface area contributed by atoms with Gasteiger partial charge in [0.1, 0.15) is 5.60 Å². The van der Waals surface area contributed by atoms with Gasteiger partial charge in [0, 0.05) is 0 Å². The number of ether oxygens (including phenoxy) is 2. The number of aromatic nitrogens is 2. The van der Waals surface area contributed by atoms with Crippen LogP contribution < -0.4 is 5.32 Å². The van der Waals surface area contributed by atoms with E-state index >= 15 is 0 Å². The summed E-state index contributed by atoms with van der Waals surface area (Å²) in [5, 5.41) is 8.72. The third-order valence-corrected chi connectivity index (χ3v) is 2.58. The number of rotatable bonds is 3. The number of esters is 1. The van der Waals surface area contributed by atoms with Gasteiger partial charge >= 0.3 is 12.1 Å². The molecule has 7 nitrogen and oxygen atoms in total. The number of amides is 1. The molecule has 0 fully saturated rings. The van der Waals surface area contributed by atoms with E-state index in [0.29, 0.717) is 4.47 Å². The highest BCUT2D eigenvalue weighted by atomic mass is 79.9. The van der Waals surface area contributed by atoms with Gasteiger partial charge in [-0.25, -0.2) is 9.59 Å². The molecule has 1 heterocycles. The molecule has 0 spiro atoms. The van der Waals surface area contributed by atoms with Gasteiger partial charge in [0.2, 0.25) is 0 Å². The fourth-order valence-electron chi connectivity index (χ4n) is 1.15.